The quantitative estimate of drug-likeness (QED) is 0.275. The van der Waals surface area contributed by atoms with Crippen LogP contribution in [0.4, 0.5) is 0 Å². The van der Waals surface area contributed by atoms with Gasteiger partial charge in [-0.05, 0) is 0 Å². The molecule has 0 aromatic rings. The molecule has 0 aliphatic heterocycles. The lowest BCUT2D eigenvalue weighted by Crippen LogP contribution is -2.14. The van der Waals surface area contributed by atoms with Crippen LogP contribution in [0.1, 0.15) is 6.42 Å². The summed E-state index contributed by atoms with van der Waals surface area (Å²) >= 11 is 5.39. The van der Waals surface area contributed by atoms with Crippen molar-refractivity contribution >= 4 is 11.6 Å². The molecular weight excluding hydrogens is 146 g/mol. The van der Waals surface area contributed by atoms with Crippen LogP contribution in [-0.4, -0.2) is 19.0 Å². The summed E-state index contributed by atoms with van der Waals surface area (Å²) < 4.78 is 0. The Morgan fingerprint density at radius 2 is 2.30 bits per heavy atom. The van der Waals surface area contributed by atoms with Crippen LogP contribution in [0.3, 0.4) is 0 Å². The van der Waals surface area contributed by atoms with E-state index >= 15 is 0 Å². The van der Waals surface area contributed by atoms with Gasteiger partial charge in [-0.3, -0.25) is 0 Å². The predicted octanol–water partition coefficient (Wildman–Crippen LogP) is 1.39. The van der Waals surface area contributed by atoms with E-state index in [1.165, 1.54) is 0 Å². The van der Waals surface area contributed by atoms with Gasteiger partial charge in [0.15, 0.2) is 0 Å². The molecule has 0 unspecified atom stereocenters. The SMILES string of the molecule is C#CCCNC/C=C/CCl. The molecule has 0 fully saturated rings. The van der Waals surface area contributed by atoms with Gasteiger partial charge in [-0.15, -0.1) is 23.9 Å². The number of alkyl halides is 1. The van der Waals surface area contributed by atoms with Crippen LogP contribution in [0.25, 0.3) is 0 Å². The molecule has 0 heterocycles. The highest BCUT2D eigenvalue weighted by atomic mass is 35.5. The number of terminal acetylenes is 1. The average molecular weight is 158 g/mol. The van der Waals surface area contributed by atoms with Crippen molar-refractivity contribution < 1.29 is 0 Å². The lowest BCUT2D eigenvalue weighted by Gasteiger charge is -1.94. The van der Waals surface area contributed by atoms with Crippen LogP contribution in [0.2, 0.25) is 0 Å². The molecule has 10 heavy (non-hydrogen) atoms. The Labute approximate surface area is 67.5 Å². The molecule has 0 aliphatic carbocycles. The van der Waals surface area contributed by atoms with Gasteiger partial charge in [0.1, 0.15) is 0 Å². The van der Waals surface area contributed by atoms with Crippen molar-refractivity contribution in [2.75, 3.05) is 19.0 Å². The van der Waals surface area contributed by atoms with Crippen LogP contribution in [0, 0.1) is 12.3 Å². The first-order valence-electron chi connectivity index (χ1n) is 3.27. The van der Waals surface area contributed by atoms with Gasteiger partial charge in [0.2, 0.25) is 0 Å². The highest BCUT2D eigenvalue weighted by Gasteiger charge is 1.78. The summed E-state index contributed by atoms with van der Waals surface area (Å²) in [6.07, 6.45) is 9.72. The molecule has 2 heteroatoms. The molecule has 0 rings (SSSR count). The predicted molar refractivity (Wildman–Crippen MR) is 46.2 cm³/mol. The Kier molecular flexibility index (Phi) is 8.17. The summed E-state index contributed by atoms with van der Waals surface area (Å²) in [5, 5.41) is 3.13. The summed E-state index contributed by atoms with van der Waals surface area (Å²) in [4.78, 5) is 0. The van der Waals surface area contributed by atoms with Gasteiger partial charge in [-0.1, -0.05) is 12.2 Å². The van der Waals surface area contributed by atoms with E-state index in [1.807, 2.05) is 12.2 Å². The molecular formula is C8H12ClN. The molecule has 0 spiro atoms. The average Bonchev–Trinajstić information content (AvgIpc) is 1.97. The summed E-state index contributed by atoms with van der Waals surface area (Å²) in [6.45, 7) is 1.73. The molecule has 56 valence electrons. The van der Waals surface area contributed by atoms with Crippen molar-refractivity contribution in [3.8, 4) is 12.3 Å². The molecule has 0 saturated carbocycles. The standard InChI is InChI=1S/C8H12ClN/c1-2-3-7-10-8-5-4-6-9/h1,4-5,10H,3,6-8H2/b5-4+. The van der Waals surface area contributed by atoms with E-state index in [1.54, 1.807) is 0 Å². The van der Waals surface area contributed by atoms with Crippen molar-refractivity contribution in [2.45, 2.75) is 6.42 Å². The third-order valence-corrected chi connectivity index (χ3v) is 1.14. The number of halogens is 1. The third kappa shape index (κ3) is 7.55. The van der Waals surface area contributed by atoms with E-state index in [-0.39, 0.29) is 0 Å². The minimum Gasteiger partial charge on any atom is -0.312 e. The van der Waals surface area contributed by atoms with E-state index in [4.69, 9.17) is 18.0 Å². The zero-order valence-corrected chi connectivity index (χ0v) is 6.69. The van der Waals surface area contributed by atoms with E-state index < -0.39 is 0 Å². The third-order valence-electron chi connectivity index (χ3n) is 0.964. The minimum atomic E-state index is 0.580. The van der Waals surface area contributed by atoms with Gasteiger partial charge in [0.25, 0.3) is 0 Å². The zero-order chi connectivity index (χ0) is 7.66. The first-order chi connectivity index (χ1) is 4.91. The molecule has 1 N–H and O–H groups in total. The number of hydrogen-bond acceptors (Lipinski definition) is 1. The highest BCUT2D eigenvalue weighted by Crippen LogP contribution is 1.76. The Balaban J connectivity index is 2.92. The largest absolute Gasteiger partial charge is 0.312 e. The van der Waals surface area contributed by atoms with Crippen LogP contribution < -0.4 is 5.32 Å². The summed E-state index contributed by atoms with van der Waals surface area (Å²) in [5.74, 6) is 3.13. The molecule has 0 bridgehead atoms. The lowest BCUT2D eigenvalue weighted by atomic mass is 10.4. The maximum Gasteiger partial charge on any atom is 0.0404 e. The first-order valence-corrected chi connectivity index (χ1v) is 3.80. The molecule has 0 saturated heterocycles. The van der Waals surface area contributed by atoms with Crippen molar-refractivity contribution in [1.29, 1.82) is 0 Å². The van der Waals surface area contributed by atoms with Crippen molar-refractivity contribution in [3.63, 3.8) is 0 Å². The maximum absolute atomic E-state index is 5.39. The molecule has 0 aromatic heterocycles. The first kappa shape index (κ1) is 9.55. The van der Waals surface area contributed by atoms with E-state index in [2.05, 4.69) is 11.2 Å². The van der Waals surface area contributed by atoms with Gasteiger partial charge in [0.05, 0.1) is 0 Å². The van der Waals surface area contributed by atoms with Crippen molar-refractivity contribution in [3.05, 3.63) is 12.2 Å². The number of allylic oxidation sites excluding steroid dienone is 1. The molecule has 0 atom stereocenters. The Morgan fingerprint density at radius 3 is 2.90 bits per heavy atom. The van der Waals surface area contributed by atoms with Crippen LogP contribution in [-0.2, 0) is 0 Å². The highest BCUT2D eigenvalue weighted by molar-refractivity contribution is 6.18. The minimum absolute atomic E-state index is 0.580. The summed E-state index contributed by atoms with van der Waals surface area (Å²) in [7, 11) is 0. The zero-order valence-electron chi connectivity index (χ0n) is 5.94. The summed E-state index contributed by atoms with van der Waals surface area (Å²) in [6, 6.07) is 0. The van der Waals surface area contributed by atoms with Crippen LogP contribution in [0.15, 0.2) is 12.2 Å². The second kappa shape index (κ2) is 8.55. The maximum atomic E-state index is 5.39. The molecule has 0 aliphatic rings. The number of nitrogens with one attached hydrogen (secondary N) is 1. The fourth-order valence-corrected chi connectivity index (χ4v) is 0.618. The fraction of sp³-hybridized carbons (Fsp3) is 0.500. The molecule has 0 aromatic carbocycles. The second-order valence-corrected chi connectivity index (χ2v) is 2.09. The lowest BCUT2D eigenvalue weighted by molar-refractivity contribution is 0.764. The Morgan fingerprint density at radius 1 is 1.50 bits per heavy atom. The normalized spacial score (nSPS) is 10.0. The van der Waals surface area contributed by atoms with Crippen LogP contribution in [0.5, 0.6) is 0 Å². The fourth-order valence-electron chi connectivity index (χ4n) is 0.492. The molecule has 1 nitrogen and oxygen atoms in total. The Hall–Kier alpha value is -0.450. The van der Waals surface area contributed by atoms with Gasteiger partial charge in [-0.2, -0.15) is 0 Å². The monoisotopic (exact) mass is 157 g/mol. The van der Waals surface area contributed by atoms with Gasteiger partial charge >= 0.3 is 0 Å². The summed E-state index contributed by atoms with van der Waals surface area (Å²) in [5.41, 5.74) is 0. The second-order valence-electron chi connectivity index (χ2n) is 1.78. The molecule has 0 radical (unpaired) electrons. The van der Waals surface area contributed by atoms with Gasteiger partial charge in [-0.25, -0.2) is 0 Å². The number of rotatable bonds is 5. The van der Waals surface area contributed by atoms with E-state index in [0.29, 0.717) is 5.88 Å². The Bertz CT molecular complexity index is 124. The molecule has 0 amide bonds. The van der Waals surface area contributed by atoms with E-state index in [9.17, 15) is 0 Å². The van der Waals surface area contributed by atoms with Crippen molar-refractivity contribution in [2.24, 2.45) is 0 Å². The van der Waals surface area contributed by atoms with Crippen LogP contribution >= 0.6 is 11.6 Å². The topological polar surface area (TPSA) is 12.0 Å². The van der Waals surface area contributed by atoms with Gasteiger partial charge < -0.3 is 5.32 Å². The smallest absolute Gasteiger partial charge is 0.0404 e. The van der Waals surface area contributed by atoms with Gasteiger partial charge in [0, 0.05) is 25.4 Å². The number of hydrogen-bond donors (Lipinski definition) is 1. The van der Waals surface area contributed by atoms with Crippen molar-refractivity contribution in [1.82, 2.24) is 5.32 Å². The van der Waals surface area contributed by atoms with E-state index in [0.717, 1.165) is 19.5 Å².